The van der Waals surface area contributed by atoms with E-state index in [2.05, 4.69) is 21.9 Å². The Hall–Kier alpha value is -1.99. The fourth-order valence-electron chi connectivity index (χ4n) is 5.15. The van der Waals surface area contributed by atoms with Gasteiger partial charge in [-0.05, 0) is 42.4 Å². The molecule has 0 saturated carbocycles. The van der Waals surface area contributed by atoms with Crippen LogP contribution >= 0.6 is 11.6 Å². The van der Waals surface area contributed by atoms with Crippen molar-refractivity contribution < 1.29 is 14.7 Å². The number of anilines is 1. The van der Waals surface area contributed by atoms with E-state index in [0.717, 1.165) is 70.1 Å². The number of carboxylic acid groups (broad SMARTS) is 1. The third-order valence-corrected chi connectivity index (χ3v) is 7.37. The average molecular weight is 435 g/mol. The van der Waals surface area contributed by atoms with Crippen LogP contribution in [0.1, 0.15) is 31.7 Å². The quantitative estimate of drug-likeness (QED) is 0.792. The molecule has 1 N–H and O–H groups in total. The molecule has 164 valence electrons. The molecule has 0 atom stereocenters. The van der Waals surface area contributed by atoms with E-state index >= 15 is 0 Å². The molecule has 7 nitrogen and oxygen atoms in total. The van der Waals surface area contributed by atoms with E-state index in [1.807, 2.05) is 11.0 Å². The minimum absolute atomic E-state index is 0.180. The van der Waals surface area contributed by atoms with E-state index in [9.17, 15) is 9.59 Å². The molecule has 1 aromatic rings. The number of carbonyl (C=O) groups is 2. The molecule has 3 aliphatic rings. The van der Waals surface area contributed by atoms with Gasteiger partial charge in [0.05, 0.1) is 0 Å². The number of likely N-dealkylation sites (tertiary alicyclic amines) is 1. The van der Waals surface area contributed by atoms with Gasteiger partial charge in [0, 0.05) is 76.5 Å². The molecule has 1 aromatic carbocycles. The number of nitrogens with zero attached hydrogens (tertiary/aromatic N) is 4. The average Bonchev–Trinajstić information content (AvgIpc) is 3.13. The van der Waals surface area contributed by atoms with Gasteiger partial charge >= 0.3 is 6.09 Å². The first-order valence-electron chi connectivity index (χ1n) is 10.8. The summed E-state index contributed by atoms with van der Waals surface area (Å²) in [6.45, 7) is 8.82. The minimum atomic E-state index is -0.833. The van der Waals surface area contributed by atoms with Crippen molar-refractivity contribution in [1.29, 1.82) is 0 Å². The second kappa shape index (κ2) is 8.63. The molecule has 4 rings (SSSR count). The molecule has 0 radical (unpaired) electrons. The lowest BCUT2D eigenvalue weighted by Gasteiger charge is -2.39. The summed E-state index contributed by atoms with van der Waals surface area (Å²) in [5.41, 5.74) is 2.74. The van der Waals surface area contributed by atoms with Gasteiger partial charge in [-0.1, -0.05) is 17.7 Å². The Kier molecular flexibility index (Phi) is 6.11. The number of benzene rings is 1. The zero-order valence-electron chi connectivity index (χ0n) is 17.6. The van der Waals surface area contributed by atoms with Crippen LogP contribution in [0.3, 0.4) is 0 Å². The van der Waals surface area contributed by atoms with Crippen LogP contribution < -0.4 is 4.90 Å². The van der Waals surface area contributed by atoms with Crippen LogP contribution in [-0.4, -0.2) is 84.2 Å². The molecule has 3 saturated heterocycles. The highest BCUT2D eigenvalue weighted by atomic mass is 35.5. The lowest BCUT2D eigenvalue weighted by Crippen LogP contribution is -2.47. The lowest BCUT2D eigenvalue weighted by molar-refractivity contribution is -0.130. The summed E-state index contributed by atoms with van der Waals surface area (Å²) < 4.78 is 0. The van der Waals surface area contributed by atoms with Crippen molar-refractivity contribution in [3.8, 4) is 0 Å². The van der Waals surface area contributed by atoms with Crippen molar-refractivity contribution in [1.82, 2.24) is 14.7 Å². The standard InChI is InChI=1S/C22H31ClN4O3/c1-17(28)25-7-4-22(5-8-25)6-9-27(16-22)20-14-19(23)3-2-18(20)15-24-10-12-26(13-11-24)21(29)30/h2-3,14H,4-13,15-16H2,1H3,(H,29,30). The van der Waals surface area contributed by atoms with Gasteiger partial charge in [-0.2, -0.15) is 0 Å². The van der Waals surface area contributed by atoms with Crippen molar-refractivity contribution >= 4 is 29.3 Å². The topological polar surface area (TPSA) is 67.3 Å². The molecule has 3 fully saturated rings. The van der Waals surface area contributed by atoms with Gasteiger partial charge in [-0.15, -0.1) is 0 Å². The maximum absolute atomic E-state index is 11.7. The van der Waals surface area contributed by atoms with Crippen LogP contribution in [0.25, 0.3) is 0 Å². The predicted octanol–water partition coefficient (Wildman–Crippen LogP) is 2.97. The first-order chi connectivity index (χ1) is 14.3. The summed E-state index contributed by atoms with van der Waals surface area (Å²) >= 11 is 6.37. The van der Waals surface area contributed by atoms with Gasteiger partial charge in [0.15, 0.2) is 0 Å². The number of hydrogen-bond donors (Lipinski definition) is 1. The van der Waals surface area contributed by atoms with E-state index in [1.54, 1.807) is 6.92 Å². The summed E-state index contributed by atoms with van der Waals surface area (Å²) in [6, 6.07) is 6.14. The highest BCUT2D eigenvalue weighted by Gasteiger charge is 2.41. The van der Waals surface area contributed by atoms with Gasteiger partial charge in [0.2, 0.25) is 5.91 Å². The van der Waals surface area contributed by atoms with Crippen LogP contribution in [0, 0.1) is 5.41 Å². The number of halogens is 1. The monoisotopic (exact) mass is 434 g/mol. The van der Waals surface area contributed by atoms with Crippen molar-refractivity contribution in [3.63, 3.8) is 0 Å². The third-order valence-electron chi connectivity index (χ3n) is 7.13. The van der Waals surface area contributed by atoms with Crippen LogP contribution in [0.2, 0.25) is 5.02 Å². The van der Waals surface area contributed by atoms with Crippen molar-refractivity contribution in [2.45, 2.75) is 32.7 Å². The highest BCUT2D eigenvalue weighted by molar-refractivity contribution is 6.30. The van der Waals surface area contributed by atoms with Crippen LogP contribution in [-0.2, 0) is 11.3 Å². The van der Waals surface area contributed by atoms with Gasteiger partial charge in [0.1, 0.15) is 0 Å². The molecule has 3 aliphatic heterocycles. The van der Waals surface area contributed by atoms with E-state index in [0.29, 0.717) is 18.5 Å². The summed E-state index contributed by atoms with van der Waals surface area (Å²) in [5.74, 6) is 0.180. The normalized spacial score (nSPS) is 22.0. The first kappa shape index (κ1) is 21.2. The predicted molar refractivity (Wildman–Crippen MR) is 117 cm³/mol. The largest absolute Gasteiger partial charge is 0.465 e. The SMILES string of the molecule is CC(=O)N1CCC2(CC1)CCN(c1cc(Cl)ccc1CN1CCN(C(=O)O)CC1)C2. The molecular formula is C22H31ClN4O3. The molecular weight excluding hydrogens is 404 g/mol. The number of piperidine rings is 1. The Labute approximate surface area is 183 Å². The van der Waals surface area contributed by atoms with Crippen LogP contribution in [0.4, 0.5) is 10.5 Å². The molecule has 0 aliphatic carbocycles. The van der Waals surface area contributed by atoms with Crippen molar-refractivity contribution in [3.05, 3.63) is 28.8 Å². The van der Waals surface area contributed by atoms with E-state index in [-0.39, 0.29) is 5.91 Å². The minimum Gasteiger partial charge on any atom is -0.465 e. The summed E-state index contributed by atoms with van der Waals surface area (Å²) in [5, 5.41) is 9.91. The van der Waals surface area contributed by atoms with Gasteiger partial charge in [0.25, 0.3) is 0 Å². The maximum Gasteiger partial charge on any atom is 0.407 e. The second-order valence-electron chi connectivity index (χ2n) is 9.00. The number of hydrogen-bond acceptors (Lipinski definition) is 4. The zero-order chi connectivity index (χ0) is 21.3. The second-order valence-corrected chi connectivity index (χ2v) is 9.43. The third kappa shape index (κ3) is 4.52. The number of rotatable bonds is 3. The molecule has 3 heterocycles. The fraction of sp³-hybridized carbons (Fsp3) is 0.636. The number of piperazine rings is 1. The molecule has 2 amide bonds. The van der Waals surface area contributed by atoms with Crippen LogP contribution in [0.5, 0.6) is 0 Å². The van der Waals surface area contributed by atoms with E-state index in [4.69, 9.17) is 16.7 Å². The molecule has 1 spiro atoms. The summed E-state index contributed by atoms with van der Waals surface area (Å²) in [4.78, 5) is 31.1. The first-order valence-corrected chi connectivity index (χ1v) is 11.2. The molecule has 30 heavy (non-hydrogen) atoms. The summed E-state index contributed by atoms with van der Waals surface area (Å²) in [7, 11) is 0. The Balaban J connectivity index is 1.43. The molecule has 0 unspecified atom stereocenters. The fourth-order valence-corrected chi connectivity index (χ4v) is 5.31. The number of carbonyl (C=O) groups excluding carboxylic acids is 1. The maximum atomic E-state index is 11.7. The summed E-state index contributed by atoms with van der Waals surface area (Å²) in [6.07, 6.45) is 2.45. The lowest BCUT2D eigenvalue weighted by atomic mass is 9.78. The Morgan fingerprint density at radius 3 is 2.30 bits per heavy atom. The highest BCUT2D eigenvalue weighted by Crippen LogP contribution is 2.43. The molecule has 0 bridgehead atoms. The molecule has 8 heteroatoms. The number of amides is 2. The van der Waals surface area contributed by atoms with Crippen molar-refractivity contribution in [2.24, 2.45) is 5.41 Å². The Morgan fingerprint density at radius 1 is 1.00 bits per heavy atom. The van der Waals surface area contributed by atoms with Gasteiger partial charge in [-0.25, -0.2) is 4.79 Å². The van der Waals surface area contributed by atoms with Gasteiger partial charge in [-0.3, -0.25) is 9.69 Å². The van der Waals surface area contributed by atoms with Crippen molar-refractivity contribution in [2.75, 3.05) is 57.3 Å². The molecule has 0 aromatic heterocycles. The Morgan fingerprint density at radius 2 is 1.67 bits per heavy atom. The zero-order valence-corrected chi connectivity index (χ0v) is 18.4. The Bertz CT molecular complexity index is 802. The smallest absolute Gasteiger partial charge is 0.407 e. The van der Waals surface area contributed by atoms with E-state index in [1.165, 1.54) is 16.2 Å². The van der Waals surface area contributed by atoms with Crippen LogP contribution in [0.15, 0.2) is 18.2 Å². The van der Waals surface area contributed by atoms with E-state index < -0.39 is 6.09 Å². The van der Waals surface area contributed by atoms with Gasteiger partial charge < -0.3 is 19.8 Å².